The van der Waals surface area contributed by atoms with Crippen molar-refractivity contribution in [2.24, 2.45) is 0 Å². The van der Waals surface area contributed by atoms with Crippen molar-refractivity contribution >= 4 is 0 Å². The second-order valence-electron chi connectivity index (χ2n) is 6.82. The third-order valence-corrected chi connectivity index (χ3v) is 4.94. The summed E-state index contributed by atoms with van der Waals surface area (Å²) in [5, 5.41) is 12.5. The third-order valence-electron chi connectivity index (χ3n) is 4.94. The number of aryl methyl sites for hydroxylation is 3. The van der Waals surface area contributed by atoms with Crippen LogP contribution in [0.15, 0.2) is 24.4 Å². The van der Waals surface area contributed by atoms with Crippen molar-refractivity contribution in [3.05, 3.63) is 58.4 Å². The molecular weight excluding hydrogens is 326 g/mol. The largest absolute Gasteiger partial charge is 0.290 e. The van der Waals surface area contributed by atoms with E-state index in [2.05, 4.69) is 64.4 Å². The van der Waals surface area contributed by atoms with Gasteiger partial charge in [-0.3, -0.25) is 4.90 Å². The van der Waals surface area contributed by atoms with Crippen LogP contribution in [0.3, 0.4) is 0 Å². The first kappa shape index (κ1) is 16.8. The van der Waals surface area contributed by atoms with Gasteiger partial charge in [0.15, 0.2) is 5.82 Å². The molecule has 1 aliphatic heterocycles. The highest BCUT2D eigenvalue weighted by atomic mass is 15.5. The van der Waals surface area contributed by atoms with Crippen molar-refractivity contribution in [3.8, 4) is 5.69 Å². The quantitative estimate of drug-likeness (QED) is 0.719. The number of tetrazole rings is 1. The molecule has 2 aromatic heterocycles. The van der Waals surface area contributed by atoms with Crippen LogP contribution >= 0.6 is 0 Å². The molecule has 0 saturated carbocycles. The fourth-order valence-electron chi connectivity index (χ4n) is 3.52. The molecule has 0 unspecified atom stereocenters. The molecule has 0 atom stereocenters. The van der Waals surface area contributed by atoms with E-state index in [9.17, 15) is 0 Å². The monoisotopic (exact) mass is 349 g/mol. The van der Waals surface area contributed by atoms with Gasteiger partial charge in [-0.1, -0.05) is 25.1 Å². The Bertz CT molecular complexity index is 911. The molecule has 1 aromatic carbocycles. The molecule has 26 heavy (non-hydrogen) atoms. The average molecular weight is 349 g/mol. The van der Waals surface area contributed by atoms with E-state index >= 15 is 0 Å². The van der Waals surface area contributed by atoms with Gasteiger partial charge in [0.25, 0.3) is 0 Å². The van der Waals surface area contributed by atoms with E-state index in [1.54, 1.807) is 0 Å². The van der Waals surface area contributed by atoms with Crippen LogP contribution in [0.2, 0.25) is 0 Å². The fourth-order valence-corrected chi connectivity index (χ4v) is 3.52. The van der Waals surface area contributed by atoms with Crippen molar-refractivity contribution in [1.82, 2.24) is 35.1 Å². The van der Waals surface area contributed by atoms with Gasteiger partial charge in [0.1, 0.15) is 5.82 Å². The molecule has 0 N–H and O–H groups in total. The van der Waals surface area contributed by atoms with Gasteiger partial charge in [-0.25, -0.2) is 9.97 Å². The second kappa shape index (κ2) is 6.92. The van der Waals surface area contributed by atoms with Gasteiger partial charge in [-0.2, -0.15) is 4.68 Å². The Morgan fingerprint density at radius 3 is 2.73 bits per heavy atom. The minimum Gasteiger partial charge on any atom is -0.290 e. The van der Waals surface area contributed by atoms with E-state index in [1.807, 2.05) is 10.9 Å². The lowest BCUT2D eigenvalue weighted by molar-refractivity contribution is 0.233. The van der Waals surface area contributed by atoms with E-state index in [1.165, 1.54) is 16.7 Å². The zero-order valence-electron chi connectivity index (χ0n) is 15.5. The number of nitrogens with zero attached hydrogens (tertiary/aromatic N) is 7. The van der Waals surface area contributed by atoms with Crippen LogP contribution in [0.25, 0.3) is 5.69 Å². The smallest absolute Gasteiger partial charge is 0.170 e. The Morgan fingerprint density at radius 1 is 1.15 bits per heavy atom. The van der Waals surface area contributed by atoms with Gasteiger partial charge in [0.05, 0.1) is 17.9 Å². The number of rotatable bonds is 4. The molecule has 0 aliphatic carbocycles. The highest BCUT2D eigenvalue weighted by molar-refractivity contribution is 5.46. The van der Waals surface area contributed by atoms with E-state index in [-0.39, 0.29) is 0 Å². The van der Waals surface area contributed by atoms with Crippen molar-refractivity contribution in [3.63, 3.8) is 0 Å². The molecule has 4 rings (SSSR count). The van der Waals surface area contributed by atoms with Gasteiger partial charge in [0.2, 0.25) is 0 Å². The van der Waals surface area contributed by atoms with E-state index < -0.39 is 0 Å². The Balaban J connectivity index is 1.59. The summed E-state index contributed by atoms with van der Waals surface area (Å²) in [5.74, 6) is 1.77. The molecule has 0 spiro atoms. The molecule has 7 heteroatoms. The minimum absolute atomic E-state index is 0.700. The standard InChI is InChI=1S/C19H23N7/c1-4-17-20-10-15-8-9-25(11-16(15)21-17)12-18-22-23-24-26(18)19-13(2)6-5-7-14(19)3/h5-7,10H,4,8-9,11-12H2,1-3H3. The van der Waals surface area contributed by atoms with Gasteiger partial charge < -0.3 is 0 Å². The van der Waals surface area contributed by atoms with Crippen LogP contribution < -0.4 is 0 Å². The molecule has 134 valence electrons. The number of hydrogen-bond donors (Lipinski definition) is 0. The molecule has 1 aliphatic rings. The summed E-state index contributed by atoms with van der Waals surface area (Å²) < 4.78 is 1.87. The summed E-state index contributed by atoms with van der Waals surface area (Å²) in [6, 6.07) is 6.24. The van der Waals surface area contributed by atoms with E-state index in [0.717, 1.165) is 49.0 Å². The first-order valence-corrected chi connectivity index (χ1v) is 9.05. The SMILES string of the molecule is CCc1ncc2c(n1)CN(Cc1nnnn1-c1c(C)cccc1C)CC2. The summed E-state index contributed by atoms with van der Waals surface area (Å²) in [4.78, 5) is 11.5. The molecule has 0 radical (unpaired) electrons. The van der Waals surface area contributed by atoms with E-state index in [0.29, 0.717) is 6.54 Å². The molecule has 0 saturated heterocycles. The van der Waals surface area contributed by atoms with Gasteiger partial charge in [-0.05, 0) is 47.4 Å². The first-order chi connectivity index (χ1) is 12.7. The molecule has 0 amide bonds. The van der Waals surface area contributed by atoms with Gasteiger partial charge in [0, 0.05) is 25.7 Å². The molecule has 3 heterocycles. The summed E-state index contributed by atoms with van der Waals surface area (Å²) in [7, 11) is 0. The van der Waals surface area contributed by atoms with Gasteiger partial charge in [-0.15, -0.1) is 5.10 Å². The second-order valence-corrected chi connectivity index (χ2v) is 6.82. The summed E-state index contributed by atoms with van der Waals surface area (Å²) >= 11 is 0. The zero-order valence-corrected chi connectivity index (χ0v) is 15.5. The number of fused-ring (bicyclic) bond motifs is 1. The number of benzene rings is 1. The van der Waals surface area contributed by atoms with Crippen LogP contribution in [0, 0.1) is 13.8 Å². The maximum absolute atomic E-state index is 4.71. The van der Waals surface area contributed by atoms with Crippen molar-refractivity contribution < 1.29 is 0 Å². The zero-order chi connectivity index (χ0) is 18.1. The highest BCUT2D eigenvalue weighted by Gasteiger charge is 2.21. The molecular formula is C19H23N7. The van der Waals surface area contributed by atoms with Crippen LogP contribution in [-0.2, 0) is 25.9 Å². The first-order valence-electron chi connectivity index (χ1n) is 9.05. The van der Waals surface area contributed by atoms with Gasteiger partial charge >= 0.3 is 0 Å². The van der Waals surface area contributed by atoms with Crippen molar-refractivity contribution in [2.45, 2.75) is 46.7 Å². The summed E-state index contributed by atoms with van der Waals surface area (Å²) in [5.41, 5.74) is 5.80. The predicted molar refractivity (Wildman–Crippen MR) is 97.9 cm³/mol. The fraction of sp³-hybridized carbons (Fsp3) is 0.421. The maximum atomic E-state index is 4.71. The Morgan fingerprint density at radius 2 is 1.96 bits per heavy atom. The topological polar surface area (TPSA) is 72.6 Å². The lowest BCUT2D eigenvalue weighted by Gasteiger charge is -2.27. The van der Waals surface area contributed by atoms with Crippen molar-refractivity contribution in [1.29, 1.82) is 0 Å². The predicted octanol–water partition coefficient (Wildman–Crippen LogP) is 2.19. The Kier molecular flexibility index (Phi) is 4.46. The number of para-hydroxylation sites is 1. The highest BCUT2D eigenvalue weighted by Crippen LogP contribution is 2.21. The maximum Gasteiger partial charge on any atom is 0.170 e. The van der Waals surface area contributed by atoms with Crippen LogP contribution in [0.5, 0.6) is 0 Å². The van der Waals surface area contributed by atoms with E-state index in [4.69, 9.17) is 4.98 Å². The van der Waals surface area contributed by atoms with Crippen LogP contribution in [0.1, 0.15) is 41.0 Å². The normalized spacial score (nSPS) is 14.4. The van der Waals surface area contributed by atoms with Crippen LogP contribution in [-0.4, -0.2) is 41.6 Å². The number of aromatic nitrogens is 6. The summed E-state index contributed by atoms with van der Waals surface area (Å²) in [6.45, 7) is 8.74. The molecule has 0 fully saturated rings. The lowest BCUT2D eigenvalue weighted by atomic mass is 10.1. The summed E-state index contributed by atoms with van der Waals surface area (Å²) in [6.07, 6.45) is 3.81. The third kappa shape index (κ3) is 3.10. The van der Waals surface area contributed by atoms with Crippen molar-refractivity contribution in [2.75, 3.05) is 6.54 Å². The minimum atomic E-state index is 0.700. The molecule has 3 aromatic rings. The molecule has 7 nitrogen and oxygen atoms in total. The molecule has 0 bridgehead atoms. The Hall–Kier alpha value is -2.67. The lowest BCUT2D eigenvalue weighted by Crippen LogP contribution is -2.32. The average Bonchev–Trinajstić information content (AvgIpc) is 3.08. The van der Waals surface area contributed by atoms with Crippen LogP contribution in [0.4, 0.5) is 0 Å². The Labute approximate surface area is 153 Å². The number of hydrogen-bond acceptors (Lipinski definition) is 6.